The molecule has 1 rings (SSSR count). The van der Waals surface area contributed by atoms with Crippen molar-refractivity contribution in [1.29, 1.82) is 0 Å². The number of benzene rings is 1. The molecule has 14 heavy (non-hydrogen) atoms. The lowest BCUT2D eigenvalue weighted by molar-refractivity contribution is 0.602. The van der Waals surface area contributed by atoms with Gasteiger partial charge in [-0.3, -0.25) is 4.72 Å². The van der Waals surface area contributed by atoms with Crippen molar-refractivity contribution in [3.63, 3.8) is 0 Å². The van der Waals surface area contributed by atoms with Gasteiger partial charge in [-0.2, -0.15) is 0 Å². The summed E-state index contributed by atoms with van der Waals surface area (Å²) in [7, 11) is -3.19. The van der Waals surface area contributed by atoms with Gasteiger partial charge >= 0.3 is 0 Å². The number of hydrogen-bond donors (Lipinski definition) is 1. The predicted octanol–water partition coefficient (Wildman–Crippen LogP) is 2.52. The smallest absolute Gasteiger partial charge is 0.232 e. The molecule has 5 heteroatoms. The van der Waals surface area contributed by atoms with Crippen molar-refractivity contribution in [1.82, 2.24) is 0 Å². The maximum atomic E-state index is 11.3. The highest BCUT2D eigenvalue weighted by Gasteiger charge is 2.08. The van der Waals surface area contributed by atoms with Crippen LogP contribution in [-0.2, 0) is 10.0 Å². The lowest BCUT2D eigenvalue weighted by Crippen LogP contribution is -2.14. The third-order valence-corrected chi connectivity index (χ3v) is 3.72. The first-order valence-electron chi connectivity index (χ1n) is 4.21. The van der Waals surface area contributed by atoms with Gasteiger partial charge in [0.2, 0.25) is 10.0 Å². The molecule has 0 aliphatic heterocycles. The standard InChI is InChI=1S/C9H12BrNO2S/c1-3-14(12,13)11-9-5-4-7(2)6-8(9)10/h4-6,11H,3H2,1-2H3. The molecule has 0 aliphatic carbocycles. The van der Waals surface area contributed by atoms with Crippen LogP contribution >= 0.6 is 15.9 Å². The van der Waals surface area contributed by atoms with Gasteiger partial charge in [-0.15, -0.1) is 0 Å². The van der Waals surface area contributed by atoms with Gasteiger partial charge in [0.1, 0.15) is 0 Å². The molecule has 1 aromatic carbocycles. The summed E-state index contributed by atoms with van der Waals surface area (Å²) in [5.74, 6) is 0.0767. The van der Waals surface area contributed by atoms with Gasteiger partial charge in [0.15, 0.2) is 0 Å². The lowest BCUT2D eigenvalue weighted by Gasteiger charge is -2.08. The molecule has 0 radical (unpaired) electrons. The molecule has 78 valence electrons. The van der Waals surface area contributed by atoms with Crippen LogP contribution in [0.4, 0.5) is 5.69 Å². The van der Waals surface area contributed by atoms with Gasteiger partial charge in [0.25, 0.3) is 0 Å². The molecule has 0 bridgehead atoms. The molecule has 0 saturated heterocycles. The van der Waals surface area contributed by atoms with E-state index in [1.54, 1.807) is 13.0 Å². The molecule has 0 aromatic heterocycles. The summed E-state index contributed by atoms with van der Waals surface area (Å²) in [5.41, 5.74) is 1.66. The Hall–Kier alpha value is -0.550. The van der Waals surface area contributed by atoms with Gasteiger partial charge in [-0.1, -0.05) is 6.07 Å². The maximum absolute atomic E-state index is 11.3. The highest BCUT2D eigenvalue weighted by Crippen LogP contribution is 2.24. The van der Waals surface area contributed by atoms with Crippen LogP contribution in [-0.4, -0.2) is 14.2 Å². The largest absolute Gasteiger partial charge is 0.282 e. The lowest BCUT2D eigenvalue weighted by atomic mass is 10.2. The Morgan fingerprint density at radius 3 is 2.57 bits per heavy atom. The summed E-state index contributed by atoms with van der Waals surface area (Å²) >= 11 is 3.30. The van der Waals surface area contributed by atoms with Crippen molar-refractivity contribution in [2.24, 2.45) is 0 Å². The molecule has 0 heterocycles. The van der Waals surface area contributed by atoms with E-state index in [1.165, 1.54) is 0 Å². The Bertz CT molecular complexity index is 428. The van der Waals surface area contributed by atoms with Crippen LogP contribution in [0.1, 0.15) is 12.5 Å². The summed E-state index contributed by atoms with van der Waals surface area (Å²) in [6, 6.07) is 5.47. The number of aryl methyl sites for hydroxylation is 1. The van der Waals surface area contributed by atoms with E-state index in [1.807, 2.05) is 19.1 Å². The molecule has 1 N–H and O–H groups in total. The van der Waals surface area contributed by atoms with Gasteiger partial charge in [0, 0.05) is 4.47 Å². The van der Waals surface area contributed by atoms with Crippen LogP contribution in [0.15, 0.2) is 22.7 Å². The average Bonchev–Trinajstić information content (AvgIpc) is 2.10. The van der Waals surface area contributed by atoms with Crippen molar-refractivity contribution in [3.8, 4) is 0 Å². The Balaban J connectivity index is 2.99. The third-order valence-electron chi connectivity index (χ3n) is 1.77. The van der Waals surface area contributed by atoms with E-state index in [0.29, 0.717) is 5.69 Å². The number of anilines is 1. The van der Waals surface area contributed by atoms with E-state index in [2.05, 4.69) is 20.7 Å². The molecule has 0 unspecified atom stereocenters. The van der Waals surface area contributed by atoms with Crippen LogP contribution in [0, 0.1) is 6.92 Å². The minimum Gasteiger partial charge on any atom is -0.282 e. The fourth-order valence-corrected chi connectivity index (χ4v) is 2.32. The molecule has 0 fully saturated rings. The molecule has 0 saturated carbocycles. The summed E-state index contributed by atoms with van der Waals surface area (Å²) in [6.45, 7) is 3.55. The highest BCUT2D eigenvalue weighted by atomic mass is 79.9. The maximum Gasteiger partial charge on any atom is 0.232 e. The number of hydrogen-bond acceptors (Lipinski definition) is 2. The molecule has 0 spiro atoms. The van der Waals surface area contributed by atoms with E-state index >= 15 is 0 Å². The Morgan fingerprint density at radius 1 is 1.43 bits per heavy atom. The summed E-state index contributed by atoms with van der Waals surface area (Å²) in [6.07, 6.45) is 0. The van der Waals surface area contributed by atoms with E-state index in [-0.39, 0.29) is 5.75 Å². The summed E-state index contributed by atoms with van der Waals surface area (Å²) in [5, 5.41) is 0. The zero-order valence-corrected chi connectivity index (χ0v) is 10.4. The number of nitrogens with one attached hydrogen (secondary N) is 1. The normalized spacial score (nSPS) is 11.4. The first-order chi connectivity index (χ1) is 6.44. The van der Waals surface area contributed by atoms with Crippen LogP contribution in [0.3, 0.4) is 0 Å². The minimum absolute atomic E-state index is 0.0767. The second kappa shape index (κ2) is 4.31. The van der Waals surface area contributed by atoms with Crippen LogP contribution in [0.25, 0.3) is 0 Å². The molecule has 0 atom stereocenters. The monoisotopic (exact) mass is 277 g/mol. The molecular weight excluding hydrogens is 266 g/mol. The van der Waals surface area contributed by atoms with E-state index in [0.717, 1.165) is 10.0 Å². The van der Waals surface area contributed by atoms with Crippen LogP contribution < -0.4 is 4.72 Å². The Kier molecular flexibility index (Phi) is 3.55. The second-order valence-corrected chi connectivity index (χ2v) is 5.85. The number of halogens is 1. The Morgan fingerprint density at radius 2 is 2.07 bits per heavy atom. The van der Waals surface area contributed by atoms with Crippen molar-refractivity contribution >= 4 is 31.6 Å². The van der Waals surface area contributed by atoms with E-state index < -0.39 is 10.0 Å². The average molecular weight is 278 g/mol. The zero-order chi connectivity index (χ0) is 10.8. The highest BCUT2D eigenvalue weighted by molar-refractivity contribution is 9.10. The van der Waals surface area contributed by atoms with Gasteiger partial charge in [-0.05, 0) is 47.5 Å². The first-order valence-corrected chi connectivity index (χ1v) is 6.66. The minimum atomic E-state index is -3.19. The van der Waals surface area contributed by atoms with Crippen molar-refractivity contribution in [3.05, 3.63) is 28.2 Å². The summed E-state index contributed by atoms with van der Waals surface area (Å²) < 4.78 is 25.8. The molecule has 0 amide bonds. The van der Waals surface area contributed by atoms with Gasteiger partial charge < -0.3 is 0 Å². The number of sulfonamides is 1. The SMILES string of the molecule is CCS(=O)(=O)Nc1ccc(C)cc1Br. The molecule has 0 aliphatic rings. The van der Waals surface area contributed by atoms with E-state index in [4.69, 9.17) is 0 Å². The molecule has 3 nitrogen and oxygen atoms in total. The van der Waals surface area contributed by atoms with Gasteiger partial charge in [-0.25, -0.2) is 8.42 Å². The number of rotatable bonds is 3. The fourth-order valence-electron chi connectivity index (χ4n) is 0.943. The predicted molar refractivity (Wildman–Crippen MR) is 62.0 cm³/mol. The van der Waals surface area contributed by atoms with Gasteiger partial charge in [0.05, 0.1) is 11.4 Å². The van der Waals surface area contributed by atoms with Crippen molar-refractivity contribution < 1.29 is 8.42 Å². The van der Waals surface area contributed by atoms with Crippen LogP contribution in [0.2, 0.25) is 0 Å². The first kappa shape index (κ1) is 11.5. The quantitative estimate of drug-likeness (QED) is 0.923. The second-order valence-electron chi connectivity index (χ2n) is 2.99. The Labute approximate surface area is 92.7 Å². The van der Waals surface area contributed by atoms with Crippen molar-refractivity contribution in [2.75, 3.05) is 10.5 Å². The van der Waals surface area contributed by atoms with E-state index in [9.17, 15) is 8.42 Å². The zero-order valence-electron chi connectivity index (χ0n) is 8.04. The van der Waals surface area contributed by atoms with Crippen LogP contribution in [0.5, 0.6) is 0 Å². The summed E-state index contributed by atoms with van der Waals surface area (Å²) in [4.78, 5) is 0. The van der Waals surface area contributed by atoms with Crippen molar-refractivity contribution in [2.45, 2.75) is 13.8 Å². The molecular formula is C9H12BrNO2S. The molecule has 1 aromatic rings. The third kappa shape index (κ3) is 2.99. The topological polar surface area (TPSA) is 46.2 Å². The fraction of sp³-hybridized carbons (Fsp3) is 0.333.